The number of ether oxygens (including phenoxy) is 5. The van der Waals surface area contributed by atoms with Crippen LogP contribution in [0.25, 0.3) is 0 Å². The van der Waals surface area contributed by atoms with Crippen molar-refractivity contribution in [3.05, 3.63) is 46.5 Å². The molecule has 1 aromatic carbocycles. The molecule has 0 saturated carbocycles. The normalized spacial score (nSPS) is 28.8. The largest absolute Gasteiger partial charge is 0.495 e. The van der Waals surface area contributed by atoms with E-state index in [1.54, 1.807) is 45.2 Å². The molecule has 2 N–H and O–H groups in total. The summed E-state index contributed by atoms with van der Waals surface area (Å²) >= 11 is 6.80. The van der Waals surface area contributed by atoms with Gasteiger partial charge in [0, 0.05) is 63.3 Å². The van der Waals surface area contributed by atoms with E-state index in [1.807, 2.05) is 26.8 Å². The highest BCUT2D eigenvalue weighted by atomic mass is 35.5. The Morgan fingerprint density at radius 1 is 1.11 bits per heavy atom. The zero-order chi connectivity index (χ0) is 48.9. The summed E-state index contributed by atoms with van der Waals surface area (Å²) in [5.41, 5.74) is -1.11. The van der Waals surface area contributed by atoms with Gasteiger partial charge in [-0.2, -0.15) is 0 Å². The topological polar surface area (TPSA) is 220 Å². The number of hydroxylamine groups is 2. The number of likely N-dealkylation sites (N-methyl/N-ethyl adjacent to an activating group) is 1. The third-order valence-electron chi connectivity index (χ3n) is 12.3. The van der Waals surface area contributed by atoms with E-state index in [1.165, 1.54) is 59.6 Å². The first-order valence-corrected chi connectivity index (χ1v) is 24.3. The summed E-state index contributed by atoms with van der Waals surface area (Å²) in [5, 5.41) is 15.0. The van der Waals surface area contributed by atoms with Crippen LogP contribution in [0.1, 0.15) is 92.1 Å². The summed E-state index contributed by atoms with van der Waals surface area (Å²) in [5.74, 6) is -3.29. The highest BCUT2D eigenvalue weighted by Gasteiger charge is 2.64. The number of hydrogen-bond donors (Lipinski definition) is 2. The standard InChI is InChI=1S/C45H61ClN4O14S2/c1-25-12-11-13-32(60-10)45(58)24-31(61-42(57)47-45)26(2)40-44(6,63-40)33(23-37(54)49(8)29-21-28(20-25)22-30(59-9)39(29)46)62-41(56)27(3)48(7)34(51)16-18-43(4,5)66-65-19-17-38(55)64-50-35(52)14-15-36(50)53/h11-13,21-22,26-27,31-33,40,58H,14-20,23-24H2,1-10H3,(H,47,57)/b13-11-,25-12-. The molecule has 0 aliphatic carbocycles. The molecule has 4 heterocycles. The second kappa shape index (κ2) is 21.7. The zero-order valence-electron chi connectivity index (χ0n) is 39.0. The molecule has 4 bridgehead atoms. The average Bonchev–Trinajstić information content (AvgIpc) is 3.87. The number of nitrogens with zero attached hydrogens (tertiary/aromatic N) is 3. The zero-order valence-corrected chi connectivity index (χ0v) is 41.4. The molecule has 1 aromatic rings. The molecule has 8 unspecified atom stereocenters. The van der Waals surface area contributed by atoms with Crippen LogP contribution in [0.15, 0.2) is 35.9 Å². The molecule has 4 aliphatic rings. The number of imide groups is 1. The lowest BCUT2D eigenvalue weighted by Gasteiger charge is -2.42. The van der Waals surface area contributed by atoms with Crippen molar-refractivity contribution in [2.45, 2.75) is 139 Å². The molecule has 66 heavy (non-hydrogen) atoms. The van der Waals surface area contributed by atoms with Crippen molar-refractivity contribution in [3.8, 4) is 5.75 Å². The number of alkyl carbamates (subject to hydrolysis) is 1. The van der Waals surface area contributed by atoms with Crippen LogP contribution in [0, 0.1) is 5.92 Å². The van der Waals surface area contributed by atoms with Crippen LogP contribution in [0.3, 0.4) is 0 Å². The number of nitrogens with one attached hydrogen (secondary N) is 1. The van der Waals surface area contributed by atoms with Gasteiger partial charge in [-0.15, -0.1) is 5.06 Å². The second-order valence-corrected chi connectivity index (χ2v) is 21.4. The molecule has 8 atom stereocenters. The Labute approximate surface area is 398 Å². The SMILES string of the molecule is COc1cc2cc(c1Cl)N(C)C(=O)CC(OC(=O)C(C)N(C)C(=O)CCC(C)(C)SSCCC(=O)ON1C(=O)CCC1=O)C1(C)OC1C(C)C1CC(O)(NC(=O)O1)C(OC)/C=C\C=C(\C)C2. The van der Waals surface area contributed by atoms with Gasteiger partial charge in [0.15, 0.2) is 5.72 Å². The first-order valence-electron chi connectivity index (χ1n) is 21.7. The van der Waals surface area contributed by atoms with Crippen molar-refractivity contribution < 1.29 is 67.2 Å². The van der Waals surface area contributed by atoms with Gasteiger partial charge >= 0.3 is 18.0 Å². The van der Waals surface area contributed by atoms with Crippen LogP contribution in [0.5, 0.6) is 5.75 Å². The van der Waals surface area contributed by atoms with Crippen LogP contribution < -0.4 is 15.0 Å². The van der Waals surface area contributed by atoms with E-state index in [0.29, 0.717) is 35.1 Å². The Morgan fingerprint density at radius 3 is 2.44 bits per heavy atom. The maximum atomic E-state index is 14.3. The average molecular weight is 982 g/mol. The van der Waals surface area contributed by atoms with Crippen molar-refractivity contribution in [1.29, 1.82) is 0 Å². The predicted molar refractivity (Wildman–Crippen MR) is 246 cm³/mol. The number of allylic oxidation sites excluding steroid dienone is 3. The quantitative estimate of drug-likeness (QED) is 0.0778. The van der Waals surface area contributed by atoms with E-state index in [9.17, 15) is 38.7 Å². The van der Waals surface area contributed by atoms with Gasteiger partial charge in [0.2, 0.25) is 11.8 Å². The van der Waals surface area contributed by atoms with Crippen molar-refractivity contribution in [2.75, 3.05) is 39.0 Å². The summed E-state index contributed by atoms with van der Waals surface area (Å²) in [4.78, 5) is 98.1. The molecule has 364 valence electrons. The maximum absolute atomic E-state index is 14.3. The molecular formula is C45H61ClN4O14S2. The Hall–Kier alpha value is -4.34. The lowest BCUT2D eigenvalue weighted by molar-refractivity contribution is -0.197. The first-order chi connectivity index (χ1) is 30.9. The molecule has 3 saturated heterocycles. The molecule has 18 nitrogen and oxygen atoms in total. The Bertz CT molecular complexity index is 2110. The molecule has 3 fully saturated rings. The fourth-order valence-electron chi connectivity index (χ4n) is 7.98. The van der Waals surface area contributed by atoms with Crippen molar-refractivity contribution in [1.82, 2.24) is 15.3 Å². The monoisotopic (exact) mass is 980 g/mol. The lowest BCUT2D eigenvalue weighted by atomic mass is 9.83. The molecule has 5 amide bonds. The molecule has 0 spiro atoms. The van der Waals surface area contributed by atoms with Crippen LogP contribution in [-0.2, 0) is 59.0 Å². The third-order valence-corrected chi connectivity index (χ3v) is 16.1. The molecular weight excluding hydrogens is 920 g/mol. The fourth-order valence-corrected chi connectivity index (χ4v) is 10.8. The second-order valence-electron chi connectivity index (χ2n) is 17.9. The summed E-state index contributed by atoms with van der Waals surface area (Å²) in [6.07, 6.45) is 0.994. The highest BCUT2D eigenvalue weighted by Crippen LogP contribution is 2.49. The number of fused-ring (bicyclic) bond motifs is 5. The fraction of sp³-hybridized carbons (Fsp3) is 0.622. The van der Waals surface area contributed by atoms with Gasteiger partial charge in [0.05, 0.1) is 31.7 Å². The number of carbonyl (C=O) groups is 7. The highest BCUT2D eigenvalue weighted by molar-refractivity contribution is 8.77. The maximum Gasteiger partial charge on any atom is 0.409 e. The first kappa shape index (κ1) is 52.6. The predicted octanol–water partition coefficient (Wildman–Crippen LogP) is 5.45. The Balaban J connectivity index is 1.31. The van der Waals surface area contributed by atoms with E-state index < -0.39 is 88.2 Å². The smallest absolute Gasteiger partial charge is 0.409 e. The van der Waals surface area contributed by atoms with Crippen LogP contribution >= 0.6 is 33.2 Å². The molecule has 0 aromatic heterocycles. The minimum Gasteiger partial charge on any atom is -0.495 e. The van der Waals surface area contributed by atoms with Gasteiger partial charge < -0.3 is 43.4 Å². The number of epoxide rings is 1. The minimum atomic E-state index is -1.87. The number of anilines is 1. The van der Waals surface area contributed by atoms with Crippen LogP contribution in [-0.4, -0.2) is 137 Å². The summed E-state index contributed by atoms with van der Waals surface area (Å²) in [6.45, 7) is 10.8. The molecule has 4 aliphatic heterocycles. The number of hydrogen-bond acceptors (Lipinski definition) is 16. The number of carbonyl (C=O) groups excluding carboxylic acids is 7. The number of methoxy groups -OCH3 is 2. The number of rotatable bonds is 14. The van der Waals surface area contributed by atoms with Gasteiger partial charge in [0.1, 0.15) is 40.7 Å². The molecule has 5 rings (SSSR count). The van der Waals surface area contributed by atoms with Gasteiger partial charge in [-0.3, -0.25) is 24.5 Å². The van der Waals surface area contributed by atoms with Gasteiger partial charge in [-0.25, -0.2) is 14.4 Å². The van der Waals surface area contributed by atoms with E-state index in [4.69, 9.17) is 40.1 Å². The van der Waals surface area contributed by atoms with E-state index in [-0.39, 0.29) is 49.5 Å². The van der Waals surface area contributed by atoms with Crippen molar-refractivity contribution in [3.63, 3.8) is 0 Å². The molecule has 0 radical (unpaired) electrons. The summed E-state index contributed by atoms with van der Waals surface area (Å²) < 4.78 is 29.0. The Morgan fingerprint density at radius 2 is 1.79 bits per heavy atom. The number of benzene rings is 1. The van der Waals surface area contributed by atoms with E-state index >= 15 is 0 Å². The van der Waals surface area contributed by atoms with Gasteiger partial charge in [-0.1, -0.05) is 63.9 Å². The van der Waals surface area contributed by atoms with E-state index in [2.05, 4.69) is 5.32 Å². The van der Waals surface area contributed by atoms with Gasteiger partial charge in [0.25, 0.3) is 11.8 Å². The van der Waals surface area contributed by atoms with Crippen LogP contribution in [0.2, 0.25) is 5.02 Å². The van der Waals surface area contributed by atoms with Crippen LogP contribution in [0.4, 0.5) is 10.5 Å². The Kier molecular flexibility index (Phi) is 17.3. The number of esters is 1. The summed E-state index contributed by atoms with van der Waals surface area (Å²) in [7, 11) is 8.78. The van der Waals surface area contributed by atoms with Gasteiger partial charge in [-0.05, 0) is 65.2 Å². The number of aliphatic hydroxyl groups is 1. The summed E-state index contributed by atoms with van der Waals surface area (Å²) in [6, 6.07) is 2.46. The molecule has 21 heteroatoms. The lowest BCUT2D eigenvalue weighted by Crippen LogP contribution is -2.63. The number of halogens is 1. The number of amides is 5. The third kappa shape index (κ3) is 12.6. The van der Waals surface area contributed by atoms with E-state index in [0.717, 1.165) is 11.1 Å². The van der Waals surface area contributed by atoms with Crippen molar-refractivity contribution >= 4 is 80.5 Å². The van der Waals surface area contributed by atoms with Crippen molar-refractivity contribution in [2.24, 2.45) is 5.92 Å². The minimum absolute atomic E-state index is 0.00912.